The molecule has 5 heteroatoms. The average Bonchev–Trinajstić information content (AvgIpc) is 2.43. The molecule has 0 N–H and O–H groups in total. The summed E-state index contributed by atoms with van der Waals surface area (Å²) in [5, 5.41) is 0.0742. The molecule has 1 aromatic rings. The van der Waals surface area contributed by atoms with Crippen LogP contribution in [0.5, 0.6) is 0 Å². The first-order valence-electron chi connectivity index (χ1n) is 7.84. The van der Waals surface area contributed by atoms with E-state index in [0.29, 0.717) is 18.8 Å². The van der Waals surface area contributed by atoms with Crippen molar-refractivity contribution in [1.82, 2.24) is 0 Å². The average molecular weight is 338 g/mol. The van der Waals surface area contributed by atoms with E-state index in [9.17, 15) is 9.18 Å². The minimum absolute atomic E-state index is 0.0742. The Balaban J connectivity index is 3.01. The largest absolute Gasteiger partial charge is 0.463 e. The van der Waals surface area contributed by atoms with E-state index in [-0.39, 0.29) is 10.9 Å². The molecule has 1 rings (SSSR count). The summed E-state index contributed by atoms with van der Waals surface area (Å²) in [5.41, 5.74) is 1.46. The summed E-state index contributed by atoms with van der Waals surface area (Å²) in [6, 6.07) is 6.05. The van der Waals surface area contributed by atoms with E-state index >= 15 is 0 Å². The van der Waals surface area contributed by atoms with Gasteiger partial charge in [0.2, 0.25) is 0 Å². The maximum Gasteiger partial charge on any atom is 0.331 e. The number of rotatable bonds is 6. The maximum atomic E-state index is 13.1. The van der Waals surface area contributed by atoms with Gasteiger partial charge < -0.3 is 9.16 Å². The van der Waals surface area contributed by atoms with E-state index in [1.54, 1.807) is 19.1 Å². The van der Waals surface area contributed by atoms with Gasteiger partial charge in [-0.2, -0.15) is 0 Å². The second-order valence-corrected chi connectivity index (χ2v) is 11.8. The number of carbonyl (C=O) groups excluding carboxylic acids is 1. The van der Waals surface area contributed by atoms with Crippen LogP contribution >= 0.6 is 0 Å². The molecule has 0 spiro atoms. The molecule has 0 fully saturated rings. The van der Waals surface area contributed by atoms with Crippen LogP contribution in [0.3, 0.4) is 0 Å². The smallest absolute Gasteiger partial charge is 0.331 e. The SMILES string of the molecule is CCOC(=O)/C=C(/CO[Si](C)(C)C(C)(C)C)c1ccc(F)cc1. The molecule has 128 valence electrons. The summed E-state index contributed by atoms with van der Waals surface area (Å²) >= 11 is 0. The van der Waals surface area contributed by atoms with E-state index in [1.807, 2.05) is 0 Å². The van der Waals surface area contributed by atoms with Crippen LogP contribution in [0.15, 0.2) is 30.3 Å². The third kappa shape index (κ3) is 5.92. The molecule has 1 aromatic carbocycles. The summed E-state index contributed by atoms with van der Waals surface area (Å²) in [6.07, 6.45) is 1.43. The molecule has 3 nitrogen and oxygen atoms in total. The molecule has 0 atom stereocenters. The standard InChI is InChI=1S/C18H27FO3Si/c1-7-21-17(20)12-15(14-8-10-16(19)11-9-14)13-22-23(5,6)18(2,3)4/h8-12H,7,13H2,1-6H3/b15-12-. The second kappa shape index (κ2) is 7.88. The van der Waals surface area contributed by atoms with Gasteiger partial charge in [0.15, 0.2) is 8.32 Å². The number of hydrogen-bond acceptors (Lipinski definition) is 3. The number of carbonyl (C=O) groups is 1. The van der Waals surface area contributed by atoms with E-state index in [2.05, 4.69) is 33.9 Å². The summed E-state index contributed by atoms with van der Waals surface area (Å²) in [7, 11) is -1.95. The van der Waals surface area contributed by atoms with Gasteiger partial charge in [-0.1, -0.05) is 32.9 Å². The molecule has 0 aliphatic rings. The van der Waals surface area contributed by atoms with Crippen molar-refractivity contribution < 1.29 is 18.3 Å². The lowest BCUT2D eigenvalue weighted by Crippen LogP contribution is -2.41. The van der Waals surface area contributed by atoms with E-state index in [0.717, 1.165) is 5.56 Å². The lowest BCUT2D eigenvalue weighted by atomic mass is 10.1. The number of ether oxygens (including phenoxy) is 1. The minimum atomic E-state index is -1.95. The van der Waals surface area contributed by atoms with Crippen molar-refractivity contribution in [2.45, 2.75) is 45.8 Å². The zero-order chi connectivity index (χ0) is 17.7. The molecule has 0 aliphatic heterocycles. The van der Waals surface area contributed by atoms with E-state index in [1.165, 1.54) is 18.2 Å². The maximum absolute atomic E-state index is 13.1. The van der Waals surface area contributed by atoms with Gasteiger partial charge in [-0.3, -0.25) is 0 Å². The zero-order valence-corrected chi connectivity index (χ0v) is 15.9. The highest BCUT2D eigenvalue weighted by Crippen LogP contribution is 2.37. The van der Waals surface area contributed by atoms with E-state index in [4.69, 9.17) is 9.16 Å². The molecule has 0 heterocycles. The Labute approximate surface area is 139 Å². The highest BCUT2D eigenvalue weighted by atomic mass is 28.4. The van der Waals surface area contributed by atoms with Crippen molar-refractivity contribution in [3.63, 3.8) is 0 Å². The van der Waals surface area contributed by atoms with Crippen LogP contribution in [-0.2, 0) is 14.0 Å². The fraction of sp³-hybridized carbons (Fsp3) is 0.500. The highest BCUT2D eigenvalue weighted by Gasteiger charge is 2.37. The summed E-state index contributed by atoms with van der Waals surface area (Å²) in [6.45, 7) is 13.2. The van der Waals surface area contributed by atoms with Crippen LogP contribution in [0.1, 0.15) is 33.3 Å². The quantitative estimate of drug-likeness (QED) is 0.425. The van der Waals surface area contributed by atoms with Gasteiger partial charge >= 0.3 is 5.97 Å². The van der Waals surface area contributed by atoms with Crippen LogP contribution in [-0.4, -0.2) is 27.5 Å². The predicted octanol–water partition coefficient (Wildman–Crippen LogP) is 4.79. The fourth-order valence-electron chi connectivity index (χ4n) is 1.67. The van der Waals surface area contributed by atoms with Gasteiger partial charge in [-0.15, -0.1) is 0 Å². The van der Waals surface area contributed by atoms with Gasteiger partial charge in [0.05, 0.1) is 13.2 Å². The Morgan fingerprint density at radius 2 is 1.78 bits per heavy atom. The first kappa shape index (κ1) is 19.6. The Kier molecular flexibility index (Phi) is 6.71. The van der Waals surface area contributed by atoms with Gasteiger partial charge in [0.25, 0.3) is 0 Å². The molecule has 0 aliphatic carbocycles. The summed E-state index contributed by atoms with van der Waals surface area (Å²) < 4.78 is 24.3. The van der Waals surface area contributed by atoms with Crippen LogP contribution < -0.4 is 0 Å². The normalized spacial score (nSPS) is 13.1. The van der Waals surface area contributed by atoms with E-state index < -0.39 is 14.3 Å². The zero-order valence-electron chi connectivity index (χ0n) is 14.9. The number of hydrogen-bond donors (Lipinski definition) is 0. The van der Waals surface area contributed by atoms with Crippen molar-refractivity contribution in [3.05, 3.63) is 41.7 Å². The van der Waals surface area contributed by atoms with Crippen LogP contribution in [0.4, 0.5) is 4.39 Å². The third-order valence-electron chi connectivity index (χ3n) is 4.19. The molecule has 0 bridgehead atoms. The van der Waals surface area contributed by atoms with Crippen molar-refractivity contribution in [2.75, 3.05) is 13.2 Å². The lowest BCUT2D eigenvalue weighted by molar-refractivity contribution is -0.137. The van der Waals surface area contributed by atoms with Gasteiger partial charge in [0, 0.05) is 6.08 Å². The first-order valence-corrected chi connectivity index (χ1v) is 10.7. The first-order chi connectivity index (χ1) is 10.6. The molecule has 23 heavy (non-hydrogen) atoms. The monoisotopic (exact) mass is 338 g/mol. The Morgan fingerprint density at radius 1 is 1.22 bits per heavy atom. The molecule has 0 saturated heterocycles. The summed E-state index contributed by atoms with van der Waals surface area (Å²) in [4.78, 5) is 11.8. The van der Waals surface area contributed by atoms with Crippen molar-refractivity contribution in [1.29, 1.82) is 0 Å². The predicted molar refractivity (Wildman–Crippen MR) is 94.2 cm³/mol. The number of halogens is 1. The van der Waals surface area contributed by atoms with Crippen molar-refractivity contribution in [2.24, 2.45) is 0 Å². The second-order valence-electron chi connectivity index (χ2n) is 6.98. The molecule has 0 radical (unpaired) electrons. The van der Waals surface area contributed by atoms with Gasteiger partial charge in [-0.25, -0.2) is 9.18 Å². The van der Waals surface area contributed by atoms with Crippen LogP contribution in [0, 0.1) is 5.82 Å². The highest BCUT2D eigenvalue weighted by molar-refractivity contribution is 6.74. The number of benzene rings is 1. The minimum Gasteiger partial charge on any atom is -0.463 e. The van der Waals surface area contributed by atoms with Crippen LogP contribution in [0.25, 0.3) is 5.57 Å². The molecule has 0 unspecified atom stereocenters. The number of esters is 1. The summed E-state index contributed by atoms with van der Waals surface area (Å²) in [5.74, 6) is -0.722. The Hall–Kier alpha value is -1.46. The molecule has 0 saturated carbocycles. The molecular formula is C18H27FO3Si. The molecule has 0 aromatic heterocycles. The lowest BCUT2D eigenvalue weighted by Gasteiger charge is -2.36. The van der Waals surface area contributed by atoms with Crippen molar-refractivity contribution >= 4 is 19.9 Å². The fourth-order valence-corrected chi connectivity index (χ4v) is 2.62. The topological polar surface area (TPSA) is 35.5 Å². The Morgan fingerprint density at radius 3 is 2.26 bits per heavy atom. The molecular weight excluding hydrogens is 311 g/mol. The third-order valence-corrected chi connectivity index (χ3v) is 8.67. The van der Waals surface area contributed by atoms with Gasteiger partial charge in [-0.05, 0) is 48.3 Å². The van der Waals surface area contributed by atoms with Crippen LogP contribution in [0.2, 0.25) is 18.1 Å². The van der Waals surface area contributed by atoms with Crippen molar-refractivity contribution in [3.8, 4) is 0 Å². The van der Waals surface area contributed by atoms with Gasteiger partial charge in [0.1, 0.15) is 5.82 Å². The Bertz CT molecular complexity index is 557. The molecule has 0 amide bonds.